The van der Waals surface area contributed by atoms with Crippen LogP contribution in [0.2, 0.25) is 0 Å². The topological polar surface area (TPSA) is 3.24 Å². The molecule has 1 nitrogen and oxygen atoms in total. The molecule has 8 heavy (non-hydrogen) atoms. The summed E-state index contributed by atoms with van der Waals surface area (Å²) < 4.78 is 0. The summed E-state index contributed by atoms with van der Waals surface area (Å²) in [6.07, 6.45) is 2.84. The molecular weight excluding hydrogens is 98.1 g/mol. The van der Waals surface area contributed by atoms with Gasteiger partial charge in [-0.3, -0.25) is 0 Å². The van der Waals surface area contributed by atoms with Crippen LogP contribution in [0.25, 0.3) is 0 Å². The van der Waals surface area contributed by atoms with E-state index >= 15 is 0 Å². The average molecular weight is 110 g/mol. The summed E-state index contributed by atoms with van der Waals surface area (Å²) in [4.78, 5) is 2.43. The molecule has 0 aromatic rings. The molecule has 1 aliphatic carbocycles. The van der Waals surface area contributed by atoms with Gasteiger partial charge in [0, 0.05) is 6.54 Å². The van der Waals surface area contributed by atoms with Gasteiger partial charge >= 0.3 is 0 Å². The van der Waals surface area contributed by atoms with Crippen LogP contribution in [-0.4, -0.2) is 25.0 Å². The standard InChI is InChI=1S/C7H12N/c1-8-3-2-6-4-7(6)5-8/h7H,2-5H2,1H3. The van der Waals surface area contributed by atoms with Crippen LogP contribution < -0.4 is 0 Å². The van der Waals surface area contributed by atoms with Gasteiger partial charge in [0.05, 0.1) is 0 Å². The third-order valence-corrected chi connectivity index (χ3v) is 2.27. The first kappa shape index (κ1) is 4.80. The molecule has 1 unspecified atom stereocenters. The summed E-state index contributed by atoms with van der Waals surface area (Å²) in [7, 11) is 2.22. The van der Waals surface area contributed by atoms with Crippen LogP contribution in [0.5, 0.6) is 0 Å². The molecule has 0 spiro atoms. The molecule has 0 N–H and O–H groups in total. The van der Waals surface area contributed by atoms with E-state index in [0.29, 0.717) is 0 Å². The van der Waals surface area contributed by atoms with E-state index in [4.69, 9.17) is 0 Å². The van der Waals surface area contributed by atoms with Gasteiger partial charge in [-0.25, -0.2) is 0 Å². The van der Waals surface area contributed by atoms with Crippen molar-refractivity contribution in [3.63, 3.8) is 0 Å². The molecule has 1 saturated carbocycles. The van der Waals surface area contributed by atoms with Crippen LogP contribution >= 0.6 is 0 Å². The fourth-order valence-corrected chi connectivity index (χ4v) is 1.56. The van der Waals surface area contributed by atoms with Gasteiger partial charge < -0.3 is 4.90 Å². The number of hydrogen-bond donors (Lipinski definition) is 0. The van der Waals surface area contributed by atoms with Crippen molar-refractivity contribution in [1.82, 2.24) is 4.90 Å². The van der Waals surface area contributed by atoms with Gasteiger partial charge in [0.1, 0.15) is 0 Å². The van der Waals surface area contributed by atoms with Crippen molar-refractivity contribution in [2.24, 2.45) is 5.92 Å². The molecule has 1 radical (unpaired) electrons. The second kappa shape index (κ2) is 1.47. The molecule has 0 aromatic carbocycles. The highest BCUT2D eigenvalue weighted by Gasteiger charge is 2.40. The Morgan fingerprint density at radius 1 is 1.62 bits per heavy atom. The predicted octanol–water partition coefficient (Wildman–Crippen LogP) is 0.916. The Morgan fingerprint density at radius 3 is 3.12 bits per heavy atom. The maximum Gasteiger partial charge on any atom is 0.00123 e. The summed E-state index contributed by atoms with van der Waals surface area (Å²) >= 11 is 0. The number of likely N-dealkylation sites (tertiary alicyclic amines) is 1. The Morgan fingerprint density at radius 2 is 2.50 bits per heavy atom. The zero-order valence-corrected chi connectivity index (χ0v) is 5.35. The molecular formula is C7H12N. The first-order valence-corrected chi connectivity index (χ1v) is 3.39. The van der Waals surface area contributed by atoms with Crippen molar-refractivity contribution in [1.29, 1.82) is 0 Å². The first-order valence-electron chi connectivity index (χ1n) is 3.39. The Kier molecular flexibility index (Phi) is 0.884. The third-order valence-electron chi connectivity index (χ3n) is 2.27. The Bertz CT molecular complexity index is 101. The largest absolute Gasteiger partial charge is 0.306 e. The summed E-state index contributed by atoms with van der Waals surface area (Å²) in [5.74, 6) is 2.86. The van der Waals surface area contributed by atoms with Crippen LogP contribution in [0.15, 0.2) is 0 Å². The van der Waals surface area contributed by atoms with Crippen molar-refractivity contribution >= 4 is 0 Å². The van der Waals surface area contributed by atoms with Crippen LogP contribution in [0.1, 0.15) is 12.8 Å². The van der Waals surface area contributed by atoms with Gasteiger partial charge in [-0.1, -0.05) is 0 Å². The number of fused-ring (bicyclic) bond motifs is 1. The molecule has 1 saturated heterocycles. The maximum absolute atomic E-state index is 2.43. The lowest BCUT2D eigenvalue weighted by atomic mass is 10.1. The molecule has 1 aliphatic heterocycles. The highest BCUT2D eigenvalue weighted by atomic mass is 15.1. The minimum atomic E-state index is 1.02. The van der Waals surface area contributed by atoms with E-state index in [0.717, 1.165) is 5.92 Å². The van der Waals surface area contributed by atoms with Gasteiger partial charge in [0.15, 0.2) is 0 Å². The Labute approximate surface area is 50.7 Å². The van der Waals surface area contributed by atoms with Crippen LogP contribution in [0.4, 0.5) is 0 Å². The SMILES string of the molecule is CN1CC[C]2CC2C1. The van der Waals surface area contributed by atoms with Crippen LogP contribution in [0.3, 0.4) is 0 Å². The normalized spacial score (nSPS) is 39.4. The van der Waals surface area contributed by atoms with E-state index < -0.39 is 0 Å². The first-order chi connectivity index (χ1) is 3.86. The van der Waals surface area contributed by atoms with Crippen molar-refractivity contribution < 1.29 is 0 Å². The van der Waals surface area contributed by atoms with E-state index in [2.05, 4.69) is 11.9 Å². The molecule has 1 heterocycles. The highest BCUT2D eigenvalue weighted by molar-refractivity contribution is 5.16. The van der Waals surface area contributed by atoms with Crippen molar-refractivity contribution in [3.05, 3.63) is 5.92 Å². The number of piperidine rings is 1. The summed E-state index contributed by atoms with van der Waals surface area (Å²) in [6, 6.07) is 0. The summed E-state index contributed by atoms with van der Waals surface area (Å²) in [5, 5.41) is 0. The molecule has 0 aromatic heterocycles. The predicted molar refractivity (Wildman–Crippen MR) is 33.5 cm³/mol. The molecule has 45 valence electrons. The minimum absolute atomic E-state index is 1.02. The zero-order chi connectivity index (χ0) is 5.56. The monoisotopic (exact) mass is 110 g/mol. The van der Waals surface area contributed by atoms with E-state index in [1.165, 1.54) is 25.9 Å². The van der Waals surface area contributed by atoms with E-state index in [1.54, 1.807) is 0 Å². The molecule has 1 atom stereocenters. The van der Waals surface area contributed by atoms with Gasteiger partial charge in [0.2, 0.25) is 0 Å². The Balaban J connectivity index is 1.93. The van der Waals surface area contributed by atoms with E-state index in [1.807, 2.05) is 5.92 Å². The van der Waals surface area contributed by atoms with Crippen molar-refractivity contribution in [3.8, 4) is 0 Å². The lowest BCUT2D eigenvalue weighted by Gasteiger charge is -2.20. The smallest absolute Gasteiger partial charge is 0.00123 e. The van der Waals surface area contributed by atoms with Gasteiger partial charge in [0.25, 0.3) is 0 Å². The van der Waals surface area contributed by atoms with Crippen molar-refractivity contribution in [2.45, 2.75) is 12.8 Å². The van der Waals surface area contributed by atoms with E-state index in [-0.39, 0.29) is 0 Å². The number of hydrogen-bond acceptors (Lipinski definition) is 1. The summed E-state index contributed by atoms with van der Waals surface area (Å²) in [6.45, 7) is 2.65. The third kappa shape index (κ3) is 0.655. The maximum atomic E-state index is 2.43. The lowest BCUT2D eigenvalue weighted by Crippen LogP contribution is -2.26. The van der Waals surface area contributed by atoms with Crippen LogP contribution in [0, 0.1) is 11.8 Å². The van der Waals surface area contributed by atoms with Crippen LogP contribution in [-0.2, 0) is 0 Å². The quantitative estimate of drug-likeness (QED) is 0.448. The molecule has 0 bridgehead atoms. The second-order valence-electron chi connectivity index (χ2n) is 3.07. The second-order valence-corrected chi connectivity index (χ2v) is 3.07. The number of nitrogens with zero attached hydrogens (tertiary/aromatic N) is 1. The fraction of sp³-hybridized carbons (Fsp3) is 0.857. The van der Waals surface area contributed by atoms with Crippen molar-refractivity contribution in [2.75, 3.05) is 20.1 Å². The van der Waals surface area contributed by atoms with Gasteiger partial charge in [-0.15, -0.1) is 0 Å². The highest BCUT2D eigenvalue weighted by Crippen LogP contribution is 2.46. The zero-order valence-electron chi connectivity index (χ0n) is 5.35. The lowest BCUT2D eigenvalue weighted by molar-refractivity contribution is 0.300. The Hall–Kier alpha value is -0.0400. The molecule has 0 amide bonds. The fourth-order valence-electron chi connectivity index (χ4n) is 1.56. The molecule has 2 rings (SSSR count). The molecule has 1 heteroatoms. The van der Waals surface area contributed by atoms with Gasteiger partial charge in [-0.05, 0) is 38.3 Å². The summed E-state index contributed by atoms with van der Waals surface area (Å²) in [5.41, 5.74) is 0. The minimum Gasteiger partial charge on any atom is -0.306 e. The molecule has 2 aliphatic rings. The number of rotatable bonds is 0. The van der Waals surface area contributed by atoms with Gasteiger partial charge in [-0.2, -0.15) is 0 Å². The molecule has 2 fully saturated rings. The average Bonchev–Trinajstić information content (AvgIpc) is 2.43. The van der Waals surface area contributed by atoms with E-state index in [9.17, 15) is 0 Å².